The second-order valence-electron chi connectivity index (χ2n) is 4.42. The molecule has 1 aliphatic carbocycles. The van der Waals surface area contributed by atoms with E-state index in [0.717, 1.165) is 19.4 Å². The molecule has 4 heteroatoms. The van der Waals surface area contributed by atoms with E-state index in [9.17, 15) is 4.79 Å². The molecule has 0 spiro atoms. The fourth-order valence-electron chi connectivity index (χ4n) is 1.84. The van der Waals surface area contributed by atoms with Crippen molar-refractivity contribution in [2.75, 3.05) is 24.6 Å². The summed E-state index contributed by atoms with van der Waals surface area (Å²) < 4.78 is 0. The molecule has 2 fully saturated rings. The van der Waals surface area contributed by atoms with Gasteiger partial charge in [-0.3, -0.25) is 4.79 Å². The van der Waals surface area contributed by atoms with Crippen LogP contribution in [0.1, 0.15) is 19.3 Å². The van der Waals surface area contributed by atoms with Crippen molar-refractivity contribution >= 4 is 17.7 Å². The van der Waals surface area contributed by atoms with Crippen LogP contribution in [0.5, 0.6) is 0 Å². The monoisotopic (exact) mass is 214 g/mol. The lowest BCUT2D eigenvalue weighted by Crippen LogP contribution is -2.39. The maximum absolute atomic E-state index is 11.7. The van der Waals surface area contributed by atoms with Gasteiger partial charge in [-0.05, 0) is 36.7 Å². The first-order valence-electron chi connectivity index (χ1n) is 5.33. The summed E-state index contributed by atoms with van der Waals surface area (Å²) in [6.45, 7) is 1.37. The largest absolute Gasteiger partial charge is 0.355 e. The average Bonchev–Trinajstić information content (AvgIpc) is 2.84. The van der Waals surface area contributed by atoms with E-state index in [4.69, 9.17) is 5.73 Å². The van der Waals surface area contributed by atoms with E-state index in [1.165, 1.54) is 17.9 Å². The number of hydrogen-bond acceptors (Lipinski definition) is 3. The van der Waals surface area contributed by atoms with Gasteiger partial charge in [0.25, 0.3) is 0 Å². The predicted octanol–water partition coefficient (Wildman–Crippen LogP) is 0.595. The van der Waals surface area contributed by atoms with E-state index in [1.807, 2.05) is 11.8 Å². The second kappa shape index (κ2) is 4.11. The minimum atomic E-state index is -0.175. The van der Waals surface area contributed by atoms with Crippen molar-refractivity contribution < 1.29 is 4.79 Å². The third-order valence-electron chi connectivity index (χ3n) is 3.30. The fourth-order valence-corrected chi connectivity index (χ4v) is 3.13. The highest BCUT2D eigenvalue weighted by atomic mass is 32.2. The Morgan fingerprint density at radius 3 is 2.86 bits per heavy atom. The molecule has 1 aliphatic heterocycles. The number of amides is 1. The minimum Gasteiger partial charge on any atom is -0.355 e. The Bertz CT molecular complexity index is 222. The summed E-state index contributed by atoms with van der Waals surface area (Å²) in [5.41, 5.74) is 5.41. The molecule has 0 bridgehead atoms. The van der Waals surface area contributed by atoms with E-state index >= 15 is 0 Å². The van der Waals surface area contributed by atoms with Gasteiger partial charge in [0.05, 0.1) is 5.41 Å². The van der Waals surface area contributed by atoms with Gasteiger partial charge >= 0.3 is 0 Å². The maximum atomic E-state index is 11.7. The van der Waals surface area contributed by atoms with Crippen molar-refractivity contribution in [2.45, 2.75) is 19.3 Å². The Labute approximate surface area is 89.2 Å². The molecule has 0 radical (unpaired) electrons. The second-order valence-corrected chi connectivity index (χ2v) is 5.57. The van der Waals surface area contributed by atoms with E-state index in [2.05, 4.69) is 5.32 Å². The van der Waals surface area contributed by atoms with Crippen LogP contribution in [0.2, 0.25) is 0 Å². The van der Waals surface area contributed by atoms with E-state index in [-0.39, 0.29) is 11.3 Å². The Balaban J connectivity index is 1.72. The highest BCUT2D eigenvalue weighted by Gasteiger charge is 2.48. The Kier molecular flexibility index (Phi) is 3.02. The number of carbonyl (C=O) groups is 1. The molecule has 1 heterocycles. The summed E-state index contributed by atoms with van der Waals surface area (Å²) in [7, 11) is 0. The molecule has 0 aromatic rings. The molecule has 2 rings (SSSR count). The van der Waals surface area contributed by atoms with Crippen molar-refractivity contribution in [3.63, 3.8) is 0 Å². The Morgan fingerprint density at radius 2 is 2.36 bits per heavy atom. The van der Waals surface area contributed by atoms with Crippen molar-refractivity contribution in [1.82, 2.24) is 5.32 Å². The van der Waals surface area contributed by atoms with Crippen LogP contribution in [-0.2, 0) is 4.79 Å². The van der Waals surface area contributed by atoms with Gasteiger partial charge < -0.3 is 11.1 Å². The van der Waals surface area contributed by atoms with E-state index < -0.39 is 0 Å². The Hall–Kier alpha value is -0.220. The van der Waals surface area contributed by atoms with Crippen molar-refractivity contribution in [3.05, 3.63) is 0 Å². The van der Waals surface area contributed by atoms with Crippen LogP contribution in [0.4, 0.5) is 0 Å². The molecular formula is C10H18N2OS. The third-order valence-corrected chi connectivity index (χ3v) is 4.53. The lowest BCUT2D eigenvalue weighted by Gasteiger charge is -2.15. The quantitative estimate of drug-likeness (QED) is 0.720. The number of hydrogen-bond donors (Lipinski definition) is 2. The van der Waals surface area contributed by atoms with Gasteiger partial charge in [-0.25, -0.2) is 0 Å². The minimum absolute atomic E-state index is 0.175. The lowest BCUT2D eigenvalue weighted by molar-refractivity contribution is -0.126. The number of carbonyl (C=O) groups excluding carboxylic acids is 1. The van der Waals surface area contributed by atoms with Crippen LogP contribution < -0.4 is 11.1 Å². The molecule has 2 aliphatic rings. The summed E-state index contributed by atoms with van der Waals surface area (Å²) in [4.78, 5) is 11.7. The molecule has 1 saturated carbocycles. The van der Waals surface area contributed by atoms with Crippen LogP contribution in [0.3, 0.4) is 0 Å². The fraction of sp³-hybridized carbons (Fsp3) is 0.900. The summed E-state index contributed by atoms with van der Waals surface area (Å²) in [6, 6.07) is 0. The van der Waals surface area contributed by atoms with Crippen molar-refractivity contribution in [2.24, 2.45) is 17.1 Å². The zero-order valence-corrected chi connectivity index (χ0v) is 9.24. The molecule has 3 N–H and O–H groups in total. The molecule has 3 nitrogen and oxygen atoms in total. The van der Waals surface area contributed by atoms with Crippen LogP contribution >= 0.6 is 11.8 Å². The highest BCUT2D eigenvalue weighted by Crippen LogP contribution is 2.44. The molecule has 1 saturated heterocycles. The van der Waals surface area contributed by atoms with Gasteiger partial charge in [0.15, 0.2) is 0 Å². The van der Waals surface area contributed by atoms with Gasteiger partial charge in [0.2, 0.25) is 5.91 Å². The third kappa shape index (κ3) is 2.06. The summed E-state index contributed by atoms with van der Waals surface area (Å²) in [5.74, 6) is 3.34. The lowest BCUT2D eigenvalue weighted by atomic mass is 10.1. The Morgan fingerprint density at radius 1 is 1.57 bits per heavy atom. The molecule has 1 atom stereocenters. The molecule has 80 valence electrons. The van der Waals surface area contributed by atoms with Crippen LogP contribution in [0.25, 0.3) is 0 Å². The van der Waals surface area contributed by atoms with Crippen LogP contribution in [0, 0.1) is 11.3 Å². The average molecular weight is 214 g/mol. The zero-order valence-electron chi connectivity index (χ0n) is 8.42. The zero-order chi connectivity index (χ0) is 10.0. The SMILES string of the molecule is NCC1(C(=O)NCC2CCSC2)CC1. The smallest absolute Gasteiger partial charge is 0.227 e. The first-order valence-corrected chi connectivity index (χ1v) is 6.48. The molecule has 0 aromatic heterocycles. The first kappa shape index (κ1) is 10.3. The highest BCUT2D eigenvalue weighted by molar-refractivity contribution is 7.99. The van der Waals surface area contributed by atoms with Gasteiger partial charge in [-0.15, -0.1) is 0 Å². The predicted molar refractivity (Wildman–Crippen MR) is 59.2 cm³/mol. The molecule has 1 amide bonds. The van der Waals surface area contributed by atoms with Crippen molar-refractivity contribution in [3.8, 4) is 0 Å². The summed E-state index contributed by atoms with van der Waals surface area (Å²) >= 11 is 1.99. The number of nitrogens with one attached hydrogen (secondary N) is 1. The van der Waals surface area contributed by atoms with Crippen molar-refractivity contribution in [1.29, 1.82) is 0 Å². The summed E-state index contributed by atoms with van der Waals surface area (Å²) in [5, 5.41) is 3.05. The molecular weight excluding hydrogens is 196 g/mol. The normalized spacial score (nSPS) is 28.8. The topological polar surface area (TPSA) is 55.1 Å². The number of rotatable bonds is 4. The van der Waals surface area contributed by atoms with E-state index in [0.29, 0.717) is 12.5 Å². The van der Waals surface area contributed by atoms with Crippen LogP contribution in [0.15, 0.2) is 0 Å². The summed E-state index contributed by atoms with van der Waals surface area (Å²) in [6.07, 6.45) is 3.21. The maximum Gasteiger partial charge on any atom is 0.227 e. The van der Waals surface area contributed by atoms with Gasteiger partial charge in [0, 0.05) is 13.1 Å². The van der Waals surface area contributed by atoms with Gasteiger partial charge in [-0.1, -0.05) is 0 Å². The first-order chi connectivity index (χ1) is 6.77. The van der Waals surface area contributed by atoms with Gasteiger partial charge in [0.1, 0.15) is 0 Å². The molecule has 1 unspecified atom stereocenters. The van der Waals surface area contributed by atoms with Crippen LogP contribution in [-0.4, -0.2) is 30.5 Å². The number of thioether (sulfide) groups is 1. The number of nitrogens with two attached hydrogens (primary N) is 1. The van der Waals surface area contributed by atoms with E-state index in [1.54, 1.807) is 0 Å². The van der Waals surface area contributed by atoms with Gasteiger partial charge in [-0.2, -0.15) is 11.8 Å². The standard InChI is InChI=1S/C10H18N2OS/c11-7-10(2-3-10)9(13)12-5-8-1-4-14-6-8/h8H,1-7,11H2,(H,12,13). The molecule has 14 heavy (non-hydrogen) atoms. The molecule has 0 aromatic carbocycles.